The molecular formula is C28H34N2O4S. The summed E-state index contributed by atoms with van der Waals surface area (Å²) in [6.45, 7) is 2.65. The van der Waals surface area contributed by atoms with E-state index in [9.17, 15) is 9.90 Å². The SMILES string of the molecule is COc1cc(CN2CCC([C@@H](Cc3ccccc3)N(C)C(=O)c3cccs3)CC2)cc(OC)c1O. The van der Waals surface area contributed by atoms with E-state index in [1.807, 2.05) is 47.7 Å². The second-order valence-corrected chi connectivity index (χ2v) is 10.1. The van der Waals surface area contributed by atoms with E-state index >= 15 is 0 Å². The predicted molar refractivity (Wildman–Crippen MR) is 140 cm³/mol. The minimum absolute atomic E-state index is 0.0275. The van der Waals surface area contributed by atoms with Crippen LogP contribution in [0.1, 0.15) is 33.6 Å². The molecule has 1 saturated heterocycles. The number of amides is 1. The van der Waals surface area contributed by atoms with Gasteiger partial charge in [0.2, 0.25) is 5.75 Å². The van der Waals surface area contributed by atoms with E-state index in [0.29, 0.717) is 17.4 Å². The molecule has 1 amide bonds. The van der Waals surface area contributed by atoms with E-state index < -0.39 is 0 Å². The first-order chi connectivity index (χ1) is 17.0. The van der Waals surface area contributed by atoms with Crippen LogP contribution in [0.25, 0.3) is 0 Å². The Kier molecular flexibility index (Phi) is 8.31. The predicted octanol–water partition coefficient (Wildman–Crippen LogP) is 5.07. The number of nitrogens with zero attached hydrogens (tertiary/aromatic N) is 2. The summed E-state index contributed by atoms with van der Waals surface area (Å²) in [6.07, 6.45) is 2.89. The van der Waals surface area contributed by atoms with Gasteiger partial charge in [-0.15, -0.1) is 11.3 Å². The molecule has 186 valence electrons. The Balaban J connectivity index is 1.45. The third-order valence-electron chi connectivity index (χ3n) is 6.96. The average Bonchev–Trinajstić information content (AvgIpc) is 3.43. The number of carbonyl (C=O) groups excluding carboxylic acids is 1. The maximum absolute atomic E-state index is 13.2. The van der Waals surface area contributed by atoms with Gasteiger partial charge in [0, 0.05) is 19.6 Å². The van der Waals surface area contributed by atoms with Crippen LogP contribution in [0.15, 0.2) is 60.0 Å². The van der Waals surface area contributed by atoms with E-state index in [0.717, 1.165) is 49.3 Å². The Labute approximate surface area is 211 Å². The minimum atomic E-state index is 0.0275. The van der Waals surface area contributed by atoms with Crippen LogP contribution in [-0.4, -0.2) is 61.2 Å². The molecule has 0 aliphatic carbocycles. The van der Waals surface area contributed by atoms with Gasteiger partial charge in [-0.3, -0.25) is 9.69 Å². The van der Waals surface area contributed by atoms with Crippen LogP contribution in [0.4, 0.5) is 0 Å². The minimum Gasteiger partial charge on any atom is -0.502 e. The zero-order chi connectivity index (χ0) is 24.8. The highest BCUT2D eigenvalue weighted by atomic mass is 32.1. The van der Waals surface area contributed by atoms with E-state index in [4.69, 9.17) is 9.47 Å². The molecule has 1 aliphatic rings. The van der Waals surface area contributed by atoms with Crippen LogP contribution in [0.2, 0.25) is 0 Å². The van der Waals surface area contributed by atoms with Crippen molar-refractivity contribution < 1.29 is 19.4 Å². The average molecular weight is 495 g/mol. The van der Waals surface area contributed by atoms with Crippen molar-refractivity contribution in [2.75, 3.05) is 34.4 Å². The van der Waals surface area contributed by atoms with Crippen molar-refractivity contribution >= 4 is 17.2 Å². The van der Waals surface area contributed by atoms with Gasteiger partial charge in [0.1, 0.15) is 0 Å². The Bertz CT molecular complexity index is 1070. The number of piperidine rings is 1. The van der Waals surface area contributed by atoms with Gasteiger partial charge in [-0.2, -0.15) is 0 Å². The molecule has 1 atom stereocenters. The normalized spacial score (nSPS) is 15.5. The molecule has 7 heteroatoms. The number of phenols is 1. The Morgan fingerprint density at radius 2 is 1.71 bits per heavy atom. The smallest absolute Gasteiger partial charge is 0.263 e. The van der Waals surface area contributed by atoms with Crippen molar-refractivity contribution in [1.29, 1.82) is 0 Å². The van der Waals surface area contributed by atoms with Crippen molar-refractivity contribution in [3.8, 4) is 17.2 Å². The van der Waals surface area contributed by atoms with E-state index in [1.54, 1.807) is 14.2 Å². The highest BCUT2D eigenvalue weighted by molar-refractivity contribution is 7.12. The van der Waals surface area contributed by atoms with Gasteiger partial charge in [0.25, 0.3) is 5.91 Å². The molecule has 2 aromatic carbocycles. The van der Waals surface area contributed by atoms with Crippen LogP contribution in [0, 0.1) is 5.92 Å². The first-order valence-electron chi connectivity index (χ1n) is 12.0. The molecule has 0 bridgehead atoms. The Hall–Kier alpha value is -3.03. The number of methoxy groups -OCH3 is 2. The second-order valence-electron chi connectivity index (χ2n) is 9.11. The number of likely N-dealkylation sites (N-methyl/N-ethyl adjacent to an activating group) is 1. The van der Waals surface area contributed by atoms with Gasteiger partial charge in [0.15, 0.2) is 11.5 Å². The molecule has 35 heavy (non-hydrogen) atoms. The second kappa shape index (κ2) is 11.6. The van der Waals surface area contributed by atoms with Crippen molar-refractivity contribution in [1.82, 2.24) is 9.80 Å². The molecule has 0 radical (unpaired) electrons. The Morgan fingerprint density at radius 1 is 1.06 bits per heavy atom. The van der Waals surface area contributed by atoms with Gasteiger partial charge in [-0.05, 0) is 73.0 Å². The molecule has 0 spiro atoms. The summed E-state index contributed by atoms with van der Waals surface area (Å²) in [7, 11) is 5.05. The highest BCUT2D eigenvalue weighted by Gasteiger charge is 2.32. The molecule has 3 aromatic rings. The van der Waals surface area contributed by atoms with Crippen molar-refractivity contribution in [2.24, 2.45) is 5.92 Å². The summed E-state index contributed by atoms with van der Waals surface area (Å²) < 4.78 is 10.6. The molecule has 2 heterocycles. The number of likely N-dealkylation sites (tertiary alicyclic amines) is 1. The number of aromatic hydroxyl groups is 1. The zero-order valence-corrected chi connectivity index (χ0v) is 21.5. The molecule has 0 saturated carbocycles. The zero-order valence-electron chi connectivity index (χ0n) is 20.6. The summed E-state index contributed by atoms with van der Waals surface area (Å²) in [6, 6.07) is 18.2. The van der Waals surface area contributed by atoms with Gasteiger partial charge < -0.3 is 19.5 Å². The molecule has 1 aromatic heterocycles. The van der Waals surface area contributed by atoms with Gasteiger partial charge in [0.05, 0.1) is 19.1 Å². The van der Waals surface area contributed by atoms with E-state index in [1.165, 1.54) is 16.9 Å². The molecule has 4 rings (SSSR count). The fourth-order valence-electron chi connectivity index (χ4n) is 4.99. The molecular weight excluding hydrogens is 460 g/mol. The summed E-state index contributed by atoms with van der Waals surface area (Å²) in [4.78, 5) is 18.4. The molecule has 1 fully saturated rings. The fourth-order valence-corrected chi connectivity index (χ4v) is 5.70. The van der Waals surface area contributed by atoms with Crippen LogP contribution in [-0.2, 0) is 13.0 Å². The molecule has 6 nitrogen and oxygen atoms in total. The van der Waals surface area contributed by atoms with Crippen LogP contribution >= 0.6 is 11.3 Å². The van der Waals surface area contributed by atoms with Crippen molar-refractivity contribution in [3.63, 3.8) is 0 Å². The molecule has 1 N–H and O–H groups in total. The number of thiophene rings is 1. The lowest BCUT2D eigenvalue weighted by molar-refractivity contribution is 0.0589. The standard InChI is InChI=1S/C28H34N2O4S/c1-29(28(32)26-10-7-15-35-26)23(16-20-8-5-4-6-9-20)22-11-13-30(14-12-22)19-21-17-24(33-2)27(31)25(18-21)34-3/h4-10,15,17-18,22-23,31H,11-14,16,19H2,1-3H3/t23-/m1/s1. The van der Waals surface area contributed by atoms with Gasteiger partial charge >= 0.3 is 0 Å². The summed E-state index contributed by atoms with van der Waals surface area (Å²) in [5.41, 5.74) is 2.30. The summed E-state index contributed by atoms with van der Waals surface area (Å²) >= 11 is 1.50. The third-order valence-corrected chi connectivity index (χ3v) is 7.82. The maximum Gasteiger partial charge on any atom is 0.263 e. The molecule has 1 aliphatic heterocycles. The number of ether oxygens (including phenoxy) is 2. The van der Waals surface area contributed by atoms with Crippen molar-refractivity contribution in [3.05, 3.63) is 76.0 Å². The van der Waals surface area contributed by atoms with Gasteiger partial charge in [-0.1, -0.05) is 36.4 Å². The number of hydrogen-bond acceptors (Lipinski definition) is 6. The third kappa shape index (κ3) is 5.97. The maximum atomic E-state index is 13.2. The number of phenolic OH excluding ortho intramolecular Hbond substituents is 1. The largest absolute Gasteiger partial charge is 0.502 e. The van der Waals surface area contributed by atoms with Crippen LogP contribution < -0.4 is 9.47 Å². The van der Waals surface area contributed by atoms with Gasteiger partial charge in [-0.25, -0.2) is 0 Å². The lowest BCUT2D eigenvalue weighted by Gasteiger charge is -2.40. The summed E-state index contributed by atoms with van der Waals surface area (Å²) in [5, 5.41) is 12.2. The quantitative estimate of drug-likeness (QED) is 0.450. The number of hydrogen-bond donors (Lipinski definition) is 1. The van der Waals surface area contributed by atoms with E-state index in [-0.39, 0.29) is 17.7 Å². The number of rotatable bonds is 9. The van der Waals surface area contributed by atoms with Crippen molar-refractivity contribution in [2.45, 2.75) is 31.8 Å². The fraction of sp³-hybridized carbons (Fsp3) is 0.393. The first kappa shape index (κ1) is 25.1. The number of benzene rings is 2. The topological polar surface area (TPSA) is 62.2 Å². The first-order valence-corrected chi connectivity index (χ1v) is 12.9. The molecule has 0 unspecified atom stereocenters. The van der Waals surface area contributed by atoms with Crippen LogP contribution in [0.3, 0.4) is 0 Å². The number of carbonyl (C=O) groups is 1. The van der Waals surface area contributed by atoms with Crippen LogP contribution in [0.5, 0.6) is 17.2 Å². The Morgan fingerprint density at radius 3 is 2.29 bits per heavy atom. The highest BCUT2D eigenvalue weighted by Crippen LogP contribution is 2.38. The summed E-state index contributed by atoms with van der Waals surface area (Å²) in [5.74, 6) is 1.40. The lowest BCUT2D eigenvalue weighted by atomic mass is 9.84. The lowest BCUT2D eigenvalue weighted by Crippen LogP contribution is -2.47. The van der Waals surface area contributed by atoms with E-state index in [2.05, 4.69) is 29.2 Å². The monoisotopic (exact) mass is 494 g/mol.